The van der Waals surface area contributed by atoms with Crippen LogP contribution in [0.3, 0.4) is 0 Å². The van der Waals surface area contributed by atoms with Crippen LogP contribution < -0.4 is 11.1 Å². The molecule has 0 atom stereocenters. The van der Waals surface area contributed by atoms with Crippen LogP contribution in [-0.4, -0.2) is 46.0 Å². The summed E-state index contributed by atoms with van der Waals surface area (Å²) < 4.78 is 3.29. The number of nitrogens with two attached hydrogens (primary N) is 1. The van der Waals surface area contributed by atoms with Crippen LogP contribution in [0.4, 0.5) is 11.9 Å². The minimum Gasteiger partial charge on any atom is -0.368 e. The van der Waals surface area contributed by atoms with E-state index in [0.717, 1.165) is 13.0 Å². The Morgan fingerprint density at radius 1 is 1.19 bits per heavy atom. The normalized spacial score (nSPS) is 10.7. The maximum absolute atomic E-state index is 5.67. The van der Waals surface area contributed by atoms with Gasteiger partial charge in [0.2, 0.25) is 11.9 Å². The van der Waals surface area contributed by atoms with Gasteiger partial charge in [0.25, 0.3) is 5.95 Å². The van der Waals surface area contributed by atoms with Crippen LogP contribution in [0.5, 0.6) is 0 Å². The van der Waals surface area contributed by atoms with Crippen molar-refractivity contribution in [2.45, 2.75) is 13.0 Å². The second-order valence-corrected chi connectivity index (χ2v) is 4.21. The van der Waals surface area contributed by atoms with Crippen LogP contribution in [0, 0.1) is 0 Å². The standard InChI is InChI=1S/C11H14N10/c12-9-17-10(14-3-1-5-20-6-2-4-15-20)19-11(18-9)21-8-13-7-16-21/h2,4,6-8H,1,3,5H2,(H3,12,14,17,18,19). The Morgan fingerprint density at radius 3 is 2.90 bits per heavy atom. The fourth-order valence-electron chi connectivity index (χ4n) is 1.75. The summed E-state index contributed by atoms with van der Waals surface area (Å²) in [6.07, 6.45) is 7.45. The van der Waals surface area contributed by atoms with Gasteiger partial charge in [0, 0.05) is 25.5 Å². The van der Waals surface area contributed by atoms with Crippen LogP contribution in [-0.2, 0) is 6.54 Å². The van der Waals surface area contributed by atoms with Crippen LogP contribution in [0.1, 0.15) is 6.42 Å². The van der Waals surface area contributed by atoms with Gasteiger partial charge in [-0.3, -0.25) is 4.68 Å². The van der Waals surface area contributed by atoms with Crippen LogP contribution in [0.2, 0.25) is 0 Å². The zero-order valence-electron chi connectivity index (χ0n) is 11.2. The largest absolute Gasteiger partial charge is 0.368 e. The third-order valence-corrected chi connectivity index (χ3v) is 2.67. The summed E-state index contributed by atoms with van der Waals surface area (Å²) in [6.45, 7) is 1.51. The lowest BCUT2D eigenvalue weighted by atomic mass is 10.4. The molecule has 0 bridgehead atoms. The highest BCUT2D eigenvalue weighted by Crippen LogP contribution is 2.05. The molecule has 3 aromatic heterocycles. The zero-order valence-corrected chi connectivity index (χ0v) is 11.2. The Kier molecular flexibility index (Phi) is 3.67. The molecule has 3 aromatic rings. The highest BCUT2D eigenvalue weighted by atomic mass is 15.4. The Labute approximate surface area is 120 Å². The van der Waals surface area contributed by atoms with Gasteiger partial charge in [-0.15, -0.1) is 0 Å². The van der Waals surface area contributed by atoms with Crippen LogP contribution >= 0.6 is 0 Å². The van der Waals surface area contributed by atoms with E-state index in [0.29, 0.717) is 18.4 Å². The zero-order chi connectivity index (χ0) is 14.5. The van der Waals surface area contributed by atoms with E-state index in [4.69, 9.17) is 5.73 Å². The van der Waals surface area contributed by atoms with E-state index in [1.165, 1.54) is 17.3 Å². The van der Waals surface area contributed by atoms with E-state index >= 15 is 0 Å². The lowest BCUT2D eigenvalue weighted by molar-refractivity contribution is 0.591. The van der Waals surface area contributed by atoms with E-state index in [1.54, 1.807) is 6.20 Å². The molecule has 3 heterocycles. The van der Waals surface area contributed by atoms with Crippen molar-refractivity contribution in [1.82, 2.24) is 39.5 Å². The van der Waals surface area contributed by atoms with E-state index < -0.39 is 0 Å². The molecule has 0 spiro atoms. The highest BCUT2D eigenvalue weighted by Gasteiger charge is 2.06. The summed E-state index contributed by atoms with van der Waals surface area (Å²) in [7, 11) is 0. The van der Waals surface area contributed by atoms with Crippen molar-refractivity contribution >= 4 is 11.9 Å². The highest BCUT2D eigenvalue weighted by molar-refractivity contribution is 5.34. The minimum absolute atomic E-state index is 0.130. The predicted octanol–water partition coefficient (Wildman–Crippen LogP) is -0.267. The first-order valence-corrected chi connectivity index (χ1v) is 6.39. The van der Waals surface area contributed by atoms with Gasteiger partial charge < -0.3 is 11.1 Å². The van der Waals surface area contributed by atoms with Gasteiger partial charge in [-0.2, -0.15) is 29.8 Å². The molecule has 3 rings (SSSR count). The molecule has 0 aliphatic heterocycles. The molecule has 0 aromatic carbocycles. The van der Waals surface area contributed by atoms with E-state index in [2.05, 4.69) is 35.5 Å². The van der Waals surface area contributed by atoms with E-state index in [9.17, 15) is 0 Å². The van der Waals surface area contributed by atoms with Crippen molar-refractivity contribution in [3.05, 3.63) is 31.1 Å². The molecule has 0 aliphatic rings. The predicted molar refractivity (Wildman–Crippen MR) is 74.5 cm³/mol. The number of anilines is 2. The molecule has 21 heavy (non-hydrogen) atoms. The average molecular weight is 286 g/mol. The van der Waals surface area contributed by atoms with Crippen molar-refractivity contribution in [3.63, 3.8) is 0 Å². The number of hydrogen-bond acceptors (Lipinski definition) is 8. The number of nitrogen functional groups attached to an aromatic ring is 1. The lowest BCUT2D eigenvalue weighted by Gasteiger charge is -2.07. The molecule has 0 amide bonds. The van der Waals surface area contributed by atoms with Crippen molar-refractivity contribution in [1.29, 1.82) is 0 Å². The fourth-order valence-corrected chi connectivity index (χ4v) is 1.75. The Bertz CT molecular complexity index is 675. The number of hydrogen-bond donors (Lipinski definition) is 2. The fraction of sp³-hybridized carbons (Fsp3) is 0.273. The van der Waals surface area contributed by atoms with Crippen molar-refractivity contribution in [2.75, 3.05) is 17.6 Å². The molecular formula is C11H14N10. The van der Waals surface area contributed by atoms with Crippen molar-refractivity contribution < 1.29 is 0 Å². The van der Waals surface area contributed by atoms with Gasteiger partial charge in [-0.1, -0.05) is 0 Å². The SMILES string of the molecule is Nc1nc(NCCCn2cccn2)nc(-n2cncn2)n1. The number of nitrogens with one attached hydrogen (secondary N) is 1. The maximum atomic E-state index is 5.67. The second kappa shape index (κ2) is 5.94. The summed E-state index contributed by atoms with van der Waals surface area (Å²) in [5, 5.41) is 11.2. The van der Waals surface area contributed by atoms with Gasteiger partial charge in [0.15, 0.2) is 0 Å². The average Bonchev–Trinajstić information content (AvgIpc) is 3.16. The topological polar surface area (TPSA) is 125 Å². The second-order valence-electron chi connectivity index (χ2n) is 4.21. The summed E-state index contributed by atoms with van der Waals surface area (Å²) >= 11 is 0. The molecule has 0 unspecified atom stereocenters. The third-order valence-electron chi connectivity index (χ3n) is 2.67. The number of rotatable bonds is 6. The van der Waals surface area contributed by atoms with Gasteiger partial charge in [-0.25, -0.2) is 4.98 Å². The molecule has 0 saturated carbocycles. The van der Waals surface area contributed by atoms with Crippen LogP contribution in [0.15, 0.2) is 31.1 Å². The summed E-state index contributed by atoms with van der Waals surface area (Å²) in [5.74, 6) is 0.869. The number of aryl methyl sites for hydroxylation is 1. The summed E-state index contributed by atoms with van der Waals surface area (Å²) in [5.41, 5.74) is 5.67. The van der Waals surface area contributed by atoms with E-state index in [-0.39, 0.29) is 5.95 Å². The number of aromatic nitrogens is 8. The van der Waals surface area contributed by atoms with Gasteiger partial charge >= 0.3 is 0 Å². The Hall–Kier alpha value is -3.04. The van der Waals surface area contributed by atoms with Gasteiger partial charge in [-0.05, 0) is 12.5 Å². The molecule has 0 fully saturated rings. The maximum Gasteiger partial charge on any atom is 0.258 e. The van der Waals surface area contributed by atoms with Crippen molar-refractivity contribution in [2.24, 2.45) is 0 Å². The monoisotopic (exact) mass is 286 g/mol. The molecule has 108 valence electrons. The van der Waals surface area contributed by atoms with Crippen LogP contribution in [0.25, 0.3) is 5.95 Å². The summed E-state index contributed by atoms with van der Waals surface area (Å²) in [4.78, 5) is 16.1. The van der Waals surface area contributed by atoms with E-state index in [1.807, 2.05) is 16.9 Å². The summed E-state index contributed by atoms with van der Waals surface area (Å²) in [6, 6.07) is 1.89. The molecule has 10 heteroatoms. The number of nitrogens with zero attached hydrogens (tertiary/aromatic N) is 8. The molecule has 0 radical (unpaired) electrons. The molecule has 0 saturated heterocycles. The first-order chi connectivity index (χ1) is 10.3. The smallest absolute Gasteiger partial charge is 0.258 e. The lowest BCUT2D eigenvalue weighted by Crippen LogP contribution is -2.13. The Morgan fingerprint density at radius 2 is 2.14 bits per heavy atom. The third kappa shape index (κ3) is 3.29. The Balaban J connectivity index is 1.60. The first kappa shape index (κ1) is 13.0. The molecule has 0 aliphatic carbocycles. The minimum atomic E-state index is 0.130. The quantitative estimate of drug-likeness (QED) is 0.593. The molecular weight excluding hydrogens is 272 g/mol. The molecule has 3 N–H and O–H groups in total. The van der Waals surface area contributed by atoms with Gasteiger partial charge in [0.05, 0.1) is 0 Å². The molecule has 10 nitrogen and oxygen atoms in total. The van der Waals surface area contributed by atoms with Gasteiger partial charge in [0.1, 0.15) is 12.7 Å². The first-order valence-electron chi connectivity index (χ1n) is 6.39. The van der Waals surface area contributed by atoms with Crippen molar-refractivity contribution in [3.8, 4) is 5.95 Å².